The molecule has 0 saturated heterocycles. The van der Waals surface area contributed by atoms with Crippen LogP contribution < -0.4 is 11.1 Å². The molecule has 1 aliphatic carbocycles. The normalized spacial score (nSPS) is 27.3. The van der Waals surface area contributed by atoms with Crippen LogP contribution in [-0.2, 0) is 14.3 Å². The Bertz CT molecular complexity index is 473. The van der Waals surface area contributed by atoms with Gasteiger partial charge in [0.1, 0.15) is 5.60 Å². The molecule has 0 spiro atoms. The maximum atomic E-state index is 12.2. The molecule has 0 radical (unpaired) electrons. The smallest absolute Gasteiger partial charge is 0.407 e. The molecule has 0 aromatic carbocycles. The predicted octanol–water partition coefficient (Wildman–Crippen LogP) is 2.20. The molecule has 7 nitrogen and oxygen atoms in total. The number of nitrogens with one attached hydrogen (secondary N) is 1. The number of nitrogens with two attached hydrogens (primary N) is 1. The molecule has 1 saturated carbocycles. The Morgan fingerprint density at radius 1 is 1.23 bits per heavy atom. The Morgan fingerprint density at radius 3 is 2.27 bits per heavy atom. The molecule has 1 fully saturated rings. The third-order valence-electron chi connectivity index (χ3n) is 5.11. The molecule has 1 unspecified atom stereocenters. The van der Waals surface area contributed by atoms with Crippen molar-refractivity contribution < 1.29 is 24.2 Å². The van der Waals surface area contributed by atoms with E-state index in [9.17, 15) is 14.7 Å². The molecular formula is C19H36N2O5. The van der Waals surface area contributed by atoms with Crippen molar-refractivity contribution in [1.82, 2.24) is 5.32 Å². The number of aliphatic hydroxyl groups excluding tert-OH is 1. The third kappa shape index (κ3) is 5.84. The van der Waals surface area contributed by atoms with Gasteiger partial charge in [0, 0.05) is 18.0 Å². The van der Waals surface area contributed by atoms with Crippen LogP contribution in [0.3, 0.4) is 0 Å². The Kier molecular flexibility index (Phi) is 8.34. The highest BCUT2D eigenvalue weighted by Crippen LogP contribution is 2.37. The Balaban J connectivity index is 3.01. The zero-order valence-electron chi connectivity index (χ0n) is 17.0. The monoisotopic (exact) mass is 372 g/mol. The van der Waals surface area contributed by atoms with Crippen molar-refractivity contribution >= 4 is 12.1 Å². The van der Waals surface area contributed by atoms with Crippen LogP contribution in [-0.4, -0.2) is 47.6 Å². The SMILES string of the molecule is CCOC(=O)[C@@H]1C[C@H](NC(=O)OC(C)(C)C)[C@@H](C(N)C(CC)CC)[C@H]1O. The van der Waals surface area contributed by atoms with Gasteiger partial charge < -0.3 is 25.6 Å². The summed E-state index contributed by atoms with van der Waals surface area (Å²) in [5.41, 5.74) is 5.83. The van der Waals surface area contributed by atoms with Gasteiger partial charge in [-0.15, -0.1) is 0 Å². The van der Waals surface area contributed by atoms with Gasteiger partial charge in [-0.05, 0) is 40.0 Å². The van der Waals surface area contributed by atoms with E-state index in [-0.39, 0.29) is 25.0 Å². The van der Waals surface area contributed by atoms with E-state index >= 15 is 0 Å². The average Bonchev–Trinajstić information content (AvgIpc) is 2.83. The molecule has 0 aliphatic heterocycles. The fourth-order valence-electron chi connectivity index (χ4n) is 3.82. The molecule has 5 atom stereocenters. The number of aliphatic hydroxyl groups is 1. The summed E-state index contributed by atoms with van der Waals surface area (Å²) in [5.74, 6) is -1.38. The van der Waals surface area contributed by atoms with Crippen LogP contribution in [0.5, 0.6) is 0 Å². The van der Waals surface area contributed by atoms with E-state index in [0.29, 0.717) is 0 Å². The van der Waals surface area contributed by atoms with Gasteiger partial charge in [0.2, 0.25) is 0 Å². The summed E-state index contributed by atoms with van der Waals surface area (Å²) >= 11 is 0. The molecule has 4 N–H and O–H groups in total. The summed E-state index contributed by atoms with van der Waals surface area (Å²) in [6, 6.07) is -0.774. The van der Waals surface area contributed by atoms with Crippen LogP contribution in [0.1, 0.15) is 60.8 Å². The highest BCUT2D eigenvalue weighted by molar-refractivity contribution is 5.74. The lowest BCUT2D eigenvalue weighted by molar-refractivity contribution is -0.151. The summed E-state index contributed by atoms with van der Waals surface area (Å²) in [4.78, 5) is 24.5. The first kappa shape index (κ1) is 22.7. The van der Waals surface area contributed by atoms with Gasteiger partial charge in [-0.2, -0.15) is 0 Å². The number of rotatable bonds is 7. The lowest BCUT2D eigenvalue weighted by Crippen LogP contribution is -2.51. The number of hydrogen-bond acceptors (Lipinski definition) is 6. The van der Waals surface area contributed by atoms with E-state index in [0.717, 1.165) is 12.8 Å². The van der Waals surface area contributed by atoms with Crippen molar-refractivity contribution in [2.75, 3.05) is 6.61 Å². The Labute approximate surface area is 157 Å². The highest BCUT2D eigenvalue weighted by atomic mass is 16.6. The fourth-order valence-corrected chi connectivity index (χ4v) is 3.82. The molecular weight excluding hydrogens is 336 g/mol. The molecule has 26 heavy (non-hydrogen) atoms. The van der Waals surface area contributed by atoms with Crippen LogP contribution >= 0.6 is 0 Å². The number of ether oxygens (including phenoxy) is 2. The van der Waals surface area contributed by atoms with E-state index in [4.69, 9.17) is 15.2 Å². The number of amides is 1. The van der Waals surface area contributed by atoms with Gasteiger partial charge in [-0.25, -0.2) is 4.79 Å². The summed E-state index contributed by atoms with van der Waals surface area (Å²) in [6.45, 7) is 11.4. The average molecular weight is 373 g/mol. The minimum atomic E-state index is -0.954. The summed E-state index contributed by atoms with van der Waals surface area (Å²) in [5, 5.41) is 13.6. The second kappa shape index (κ2) is 9.55. The van der Waals surface area contributed by atoms with Crippen molar-refractivity contribution in [3.63, 3.8) is 0 Å². The first-order valence-electron chi connectivity index (χ1n) is 9.65. The Hall–Kier alpha value is -1.34. The second-order valence-corrected chi connectivity index (χ2v) is 8.07. The van der Waals surface area contributed by atoms with Crippen LogP contribution in [0.2, 0.25) is 0 Å². The summed E-state index contributed by atoms with van der Waals surface area (Å²) in [7, 11) is 0. The number of alkyl carbamates (subject to hydrolysis) is 1. The van der Waals surface area contributed by atoms with E-state index < -0.39 is 41.6 Å². The standard InChI is InChI=1S/C19H36N2O5/c1-7-11(8-2)15(20)14-13(21-18(24)26-19(4,5)6)10-12(16(14)22)17(23)25-9-3/h11-16,22H,7-10,20H2,1-6H3,(H,21,24)/t12-,13+,14+,15?,16+/m1/s1. The van der Waals surface area contributed by atoms with E-state index in [1.165, 1.54) is 0 Å². The number of carbonyl (C=O) groups is 2. The third-order valence-corrected chi connectivity index (χ3v) is 5.11. The first-order valence-corrected chi connectivity index (χ1v) is 9.65. The second-order valence-electron chi connectivity index (χ2n) is 8.07. The van der Waals surface area contributed by atoms with E-state index in [1.807, 2.05) is 0 Å². The highest BCUT2D eigenvalue weighted by Gasteiger charge is 2.50. The van der Waals surface area contributed by atoms with E-state index in [2.05, 4.69) is 19.2 Å². The van der Waals surface area contributed by atoms with Crippen LogP contribution in [0.25, 0.3) is 0 Å². The van der Waals surface area contributed by atoms with E-state index in [1.54, 1.807) is 27.7 Å². The molecule has 0 aromatic heterocycles. The number of carbonyl (C=O) groups excluding carboxylic acids is 2. The maximum absolute atomic E-state index is 12.2. The van der Waals surface area contributed by atoms with Gasteiger partial charge in [0.15, 0.2) is 0 Å². The van der Waals surface area contributed by atoms with Crippen molar-refractivity contribution in [2.24, 2.45) is 23.5 Å². The number of esters is 1. The van der Waals surface area contributed by atoms with Crippen molar-refractivity contribution in [3.05, 3.63) is 0 Å². The molecule has 1 rings (SSSR count). The topological polar surface area (TPSA) is 111 Å². The fraction of sp³-hybridized carbons (Fsp3) is 0.895. The quantitative estimate of drug-likeness (QED) is 0.591. The van der Waals surface area contributed by atoms with Crippen LogP contribution in [0.4, 0.5) is 4.79 Å². The van der Waals surface area contributed by atoms with Gasteiger partial charge in [-0.1, -0.05) is 26.7 Å². The van der Waals surface area contributed by atoms with Crippen molar-refractivity contribution in [1.29, 1.82) is 0 Å². The van der Waals surface area contributed by atoms with Gasteiger partial charge in [0.25, 0.3) is 0 Å². The van der Waals surface area contributed by atoms with Gasteiger partial charge in [0.05, 0.1) is 18.6 Å². The zero-order valence-corrected chi connectivity index (χ0v) is 17.0. The summed E-state index contributed by atoms with van der Waals surface area (Å²) in [6.07, 6.45) is 0.497. The lowest BCUT2D eigenvalue weighted by Gasteiger charge is -2.34. The van der Waals surface area contributed by atoms with Gasteiger partial charge in [-0.3, -0.25) is 4.79 Å². The van der Waals surface area contributed by atoms with Crippen LogP contribution in [0, 0.1) is 17.8 Å². The molecule has 1 aliphatic rings. The number of hydrogen-bond donors (Lipinski definition) is 3. The minimum Gasteiger partial charge on any atom is -0.466 e. The zero-order chi connectivity index (χ0) is 20.1. The first-order chi connectivity index (χ1) is 12.1. The van der Waals surface area contributed by atoms with Crippen LogP contribution in [0.15, 0.2) is 0 Å². The Morgan fingerprint density at radius 2 is 1.81 bits per heavy atom. The van der Waals surface area contributed by atoms with Gasteiger partial charge >= 0.3 is 12.1 Å². The largest absolute Gasteiger partial charge is 0.466 e. The molecule has 0 aromatic rings. The van der Waals surface area contributed by atoms with Crippen molar-refractivity contribution in [3.8, 4) is 0 Å². The summed E-state index contributed by atoms with van der Waals surface area (Å²) < 4.78 is 10.4. The maximum Gasteiger partial charge on any atom is 0.407 e. The molecule has 152 valence electrons. The van der Waals surface area contributed by atoms with Crippen molar-refractivity contribution in [2.45, 2.75) is 84.6 Å². The molecule has 1 amide bonds. The molecule has 0 bridgehead atoms. The lowest BCUT2D eigenvalue weighted by atomic mass is 9.81. The minimum absolute atomic E-state index is 0.193. The molecule has 7 heteroatoms. The predicted molar refractivity (Wildman–Crippen MR) is 99.4 cm³/mol. The molecule has 0 heterocycles.